The maximum Gasteiger partial charge on any atom is 0.345 e. The van der Waals surface area contributed by atoms with E-state index in [0.717, 1.165) is 36.1 Å². The molecule has 162 valence electrons. The van der Waals surface area contributed by atoms with Crippen molar-refractivity contribution < 1.29 is 14.0 Å². The Morgan fingerprint density at radius 3 is 2.71 bits per heavy atom. The maximum atomic E-state index is 12.8. The Bertz CT molecular complexity index is 1190. The SMILES string of the molecule is Cc1cc(C=O)c2oc(=O)c(-c3ccc(C(=O)NCCN4CCCCC4)s3)c(C)c2c1. The van der Waals surface area contributed by atoms with Gasteiger partial charge in [-0.3, -0.25) is 9.59 Å². The largest absolute Gasteiger partial charge is 0.421 e. The molecule has 1 saturated heterocycles. The van der Waals surface area contributed by atoms with Gasteiger partial charge in [0, 0.05) is 23.4 Å². The zero-order chi connectivity index (χ0) is 22.0. The fraction of sp³-hybridized carbons (Fsp3) is 0.375. The van der Waals surface area contributed by atoms with Crippen LogP contribution in [0.25, 0.3) is 21.4 Å². The molecular formula is C24H26N2O4S. The molecule has 31 heavy (non-hydrogen) atoms. The van der Waals surface area contributed by atoms with E-state index in [4.69, 9.17) is 4.42 Å². The average Bonchev–Trinajstić information content (AvgIpc) is 3.24. The number of benzene rings is 1. The van der Waals surface area contributed by atoms with Gasteiger partial charge >= 0.3 is 5.63 Å². The zero-order valence-corrected chi connectivity index (χ0v) is 18.6. The first kappa shape index (κ1) is 21.5. The van der Waals surface area contributed by atoms with Crippen molar-refractivity contribution in [2.24, 2.45) is 0 Å². The first-order chi connectivity index (χ1) is 15.0. The minimum Gasteiger partial charge on any atom is -0.421 e. The first-order valence-electron chi connectivity index (χ1n) is 10.6. The number of rotatable bonds is 6. The number of nitrogens with zero attached hydrogens (tertiary/aromatic N) is 1. The third-order valence-electron chi connectivity index (χ3n) is 5.81. The molecule has 1 amide bonds. The summed E-state index contributed by atoms with van der Waals surface area (Å²) < 4.78 is 5.52. The summed E-state index contributed by atoms with van der Waals surface area (Å²) in [5.41, 5.74) is 2.26. The van der Waals surface area contributed by atoms with Crippen LogP contribution in [0.15, 0.2) is 33.5 Å². The number of hydrogen-bond acceptors (Lipinski definition) is 6. The first-order valence-corrected chi connectivity index (χ1v) is 11.4. The van der Waals surface area contributed by atoms with E-state index in [-0.39, 0.29) is 5.91 Å². The molecule has 1 aliphatic rings. The van der Waals surface area contributed by atoms with E-state index in [1.807, 2.05) is 19.9 Å². The molecule has 3 aromatic rings. The van der Waals surface area contributed by atoms with Crippen LogP contribution in [-0.2, 0) is 0 Å². The molecule has 0 unspecified atom stereocenters. The van der Waals surface area contributed by atoms with Crippen LogP contribution < -0.4 is 10.9 Å². The summed E-state index contributed by atoms with van der Waals surface area (Å²) in [6.07, 6.45) is 4.45. The number of carbonyl (C=O) groups excluding carboxylic acids is 2. The topological polar surface area (TPSA) is 79.6 Å². The Labute approximate surface area is 184 Å². The molecular weight excluding hydrogens is 412 g/mol. The molecule has 0 atom stereocenters. The number of carbonyl (C=O) groups is 2. The third-order valence-corrected chi connectivity index (χ3v) is 6.91. The molecule has 0 spiro atoms. The molecule has 1 aromatic carbocycles. The van der Waals surface area contributed by atoms with Crippen LogP contribution in [-0.4, -0.2) is 43.3 Å². The van der Waals surface area contributed by atoms with Crippen molar-refractivity contribution in [1.82, 2.24) is 10.2 Å². The second-order valence-corrected chi connectivity index (χ2v) is 9.14. The third kappa shape index (κ3) is 4.48. The van der Waals surface area contributed by atoms with Gasteiger partial charge in [0.25, 0.3) is 5.91 Å². The van der Waals surface area contributed by atoms with Crippen molar-refractivity contribution in [3.8, 4) is 10.4 Å². The van der Waals surface area contributed by atoms with Crippen LogP contribution in [0.2, 0.25) is 0 Å². The molecule has 0 radical (unpaired) electrons. The number of likely N-dealkylation sites (tertiary alicyclic amines) is 1. The van der Waals surface area contributed by atoms with Gasteiger partial charge in [0.1, 0.15) is 5.58 Å². The summed E-state index contributed by atoms with van der Waals surface area (Å²) >= 11 is 1.28. The van der Waals surface area contributed by atoms with E-state index in [2.05, 4.69) is 10.2 Å². The monoisotopic (exact) mass is 438 g/mol. The minimum absolute atomic E-state index is 0.129. The van der Waals surface area contributed by atoms with Crippen molar-refractivity contribution in [1.29, 1.82) is 0 Å². The average molecular weight is 439 g/mol. The molecule has 1 N–H and O–H groups in total. The maximum absolute atomic E-state index is 12.8. The van der Waals surface area contributed by atoms with Gasteiger partial charge in [0.15, 0.2) is 6.29 Å². The van der Waals surface area contributed by atoms with Gasteiger partial charge in [0.2, 0.25) is 0 Å². The van der Waals surface area contributed by atoms with Gasteiger partial charge in [-0.05, 0) is 75.2 Å². The Hall–Kier alpha value is -2.77. The van der Waals surface area contributed by atoms with Crippen LogP contribution in [0.1, 0.15) is 50.4 Å². The summed E-state index contributed by atoms with van der Waals surface area (Å²) in [4.78, 5) is 40.4. The molecule has 0 bridgehead atoms. The number of nitrogens with one attached hydrogen (secondary N) is 1. The Balaban J connectivity index is 1.56. The van der Waals surface area contributed by atoms with Crippen molar-refractivity contribution in [3.63, 3.8) is 0 Å². The predicted octanol–water partition coefficient (Wildman–Crippen LogP) is 4.17. The molecule has 2 aromatic heterocycles. The molecule has 6 nitrogen and oxygen atoms in total. The highest BCUT2D eigenvalue weighted by Gasteiger charge is 2.19. The summed E-state index contributed by atoms with van der Waals surface area (Å²) in [5, 5.41) is 3.72. The van der Waals surface area contributed by atoms with Crippen molar-refractivity contribution in [3.05, 3.63) is 56.3 Å². The van der Waals surface area contributed by atoms with Crippen LogP contribution in [0.3, 0.4) is 0 Å². The standard InChI is InChI=1S/C24H26N2O4S/c1-15-12-17(14-27)22-18(13-15)16(2)21(24(29)30-22)19-6-7-20(31-19)23(28)25-8-11-26-9-4-3-5-10-26/h6-7,12-14H,3-5,8-11H2,1-2H3,(H,25,28). The Morgan fingerprint density at radius 1 is 1.19 bits per heavy atom. The zero-order valence-electron chi connectivity index (χ0n) is 17.8. The lowest BCUT2D eigenvalue weighted by atomic mass is 10.0. The minimum atomic E-state index is -0.504. The number of aryl methyl sites for hydroxylation is 2. The van der Waals surface area contributed by atoms with Gasteiger partial charge in [-0.25, -0.2) is 4.79 Å². The van der Waals surface area contributed by atoms with E-state index in [1.54, 1.807) is 18.2 Å². The highest BCUT2D eigenvalue weighted by atomic mass is 32.1. The van der Waals surface area contributed by atoms with Crippen molar-refractivity contribution in [2.75, 3.05) is 26.2 Å². The lowest BCUT2D eigenvalue weighted by molar-refractivity contribution is 0.0950. The summed E-state index contributed by atoms with van der Waals surface area (Å²) in [6.45, 7) is 7.41. The molecule has 1 aliphatic heterocycles. The molecule has 1 fully saturated rings. The fourth-order valence-electron chi connectivity index (χ4n) is 4.19. The van der Waals surface area contributed by atoms with E-state index in [0.29, 0.717) is 39.3 Å². The lowest BCUT2D eigenvalue weighted by Crippen LogP contribution is -2.37. The highest BCUT2D eigenvalue weighted by molar-refractivity contribution is 7.17. The number of aldehydes is 1. The smallest absolute Gasteiger partial charge is 0.345 e. The van der Waals surface area contributed by atoms with Crippen LogP contribution >= 0.6 is 11.3 Å². The van der Waals surface area contributed by atoms with Gasteiger partial charge < -0.3 is 14.6 Å². The Morgan fingerprint density at radius 2 is 1.97 bits per heavy atom. The van der Waals surface area contributed by atoms with Crippen LogP contribution in [0.4, 0.5) is 0 Å². The number of amides is 1. The van der Waals surface area contributed by atoms with E-state index < -0.39 is 5.63 Å². The van der Waals surface area contributed by atoms with Crippen LogP contribution in [0, 0.1) is 13.8 Å². The van der Waals surface area contributed by atoms with Gasteiger partial charge in [-0.2, -0.15) is 0 Å². The quantitative estimate of drug-likeness (QED) is 0.462. The number of piperidine rings is 1. The van der Waals surface area contributed by atoms with Gasteiger partial charge in [-0.15, -0.1) is 11.3 Å². The molecule has 4 rings (SSSR count). The van der Waals surface area contributed by atoms with Gasteiger partial charge in [0.05, 0.1) is 16.0 Å². The van der Waals surface area contributed by atoms with Crippen molar-refractivity contribution in [2.45, 2.75) is 33.1 Å². The number of fused-ring (bicyclic) bond motifs is 1. The highest BCUT2D eigenvalue weighted by Crippen LogP contribution is 2.33. The fourth-order valence-corrected chi connectivity index (χ4v) is 5.20. The normalized spacial score (nSPS) is 14.6. The van der Waals surface area contributed by atoms with Gasteiger partial charge in [-0.1, -0.05) is 6.42 Å². The molecule has 3 heterocycles. The summed E-state index contributed by atoms with van der Waals surface area (Å²) in [5.74, 6) is -0.129. The Kier molecular flexibility index (Phi) is 6.34. The molecule has 0 aliphatic carbocycles. The van der Waals surface area contributed by atoms with Crippen LogP contribution in [0.5, 0.6) is 0 Å². The van der Waals surface area contributed by atoms with E-state index in [9.17, 15) is 14.4 Å². The number of thiophene rings is 1. The predicted molar refractivity (Wildman–Crippen MR) is 123 cm³/mol. The van der Waals surface area contributed by atoms with Crippen molar-refractivity contribution >= 4 is 34.5 Å². The molecule has 7 heteroatoms. The van der Waals surface area contributed by atoms with E-state index >= 15 is 0 Å². The molecule has 0 saturated carbocycles. The summed E-state index contributed by atoms with van der Waals surface area (Å²) in [7, 11) is 0. The number of hydrogen-bond donors (Lipinski definition) is 1. The second-order valence-electron chi connectivity index (χ2n) is 8.06. The second kappa shape index (κ2) is 9.16. The lowest BCUT2D eigenvalue weighted by Gasteiger charge is -2.26. The van der Waals surface area contributed by atoms with E-state index in [1.165, 1.54) is 30.6 Å². The summed E-state index contributed by atoms with van der Waals surface area (Å²) in [6, 6.07) is 7.14.